The molecule has 0 heterocycles. The molecule has 0 aromatic heterocycles. The Balaban J connectivity index is 0.000000528. The number of nitrogens with one attached hydrogen (secondary N) is 1. The van der Waals surface area contributed by atoms with Crippen molar-refractivity contribution in [1.29, 1.82) is 0 Å². The Morgan fingerprint density at radius 1 is 0.750 bits per heavy atom. The lowest BCUT2D eigenvalue weighted by atomic mass is 10.1. The zero-order valence-electron chi connectivity index (χ0n) is 13.3. The van der Waals surface area contributed by atoms with E-state index in [0.717, 1.165) is 5.56 Å². The Kier molecular flexibility index (Phi) is 8.95. The van der Waals surface area contributed by atoms with Gasteiger partial charge in [0.25, 0.3) is 0 Å². The van der Waals surface area contributed by atoms with Gasteiger partial charge in [-0.15, -0.1) is 0 Å². The number of alkyl halides is 9. The van der Waals surface area contributed by atoms with Crippen LogP contribution < -0.4 is 5.32 Å². The van der Waals surface area contributed by atoms with Crippen molar-refractivity contribution in [1.82, 2.24) is 5.32 Å². The zero-order valence-corrected chi connectivity index (χ0v) is 13.3. The van der Waals surface area contributed by atoms with E-state index >= 15 is 0 Å². The fourth-order valence-corrected chi connectivity index (χ4v) is 1.27. The third-order valence-electron chi connectivity index (χ3n) is 2.45. The average molecular weight is 427 g/mol. The van der Waals surface area contributed by atoms with Crippen LogP contribution >= 0.6 is 0 Å². The largest absolute Gasteiger partial charge is 0.491 e. The third kappa shape index (κ3) is 10.4. The molecule has 28 heavy (non-hydrogen) atoms. The number of rotatable bonds is 3. The van der Waals surface area contributed by atoms with E-state index in [2.05, 4.69) is 4.74 Å². The van der Waals surface area contributed by atoms with Crippen LogP contribution in [0.3, 0.4) is 0 Å². The molecule has 14 heteroatoms. The van der Waals surface area contributed by atoms with Gasteiger partial charge in [-0.2, -0.15) is 39.5 Å². The van der Waals surface area contributed by atoms with Gasteiger partial charge in [-0.25, -0.2) is 9.59 Å². The molecule has 1 aromatic carbocycles. The summed E-state index contributed by atoms with van der Waals surface area (Å²) < 4.78 is 105. The first kappa shape index (κ1) is 25.2. The van der Waals surface area contributed by atoms with Crippen molar-refractivity contribution in [3.05, 3.63) is 35.9 Å². The Morgan fingerprint density at radius 2 is 1.18 bits per heavy atom. The van der Waals surface area contributed by atoms with Gasteiger partial charge in [-0.3, -0.25) is 4.79 Å². The number of carbonyl (C=O) groups excluding carboxylic acids is 3. The molecule has 1 N–H and O–H groups in total. The number of esters is 2. The third-order valence-corrected chi connectivity index (χ3v) is 2.45. The maximum atomic E-state index is 11.8. The number of benzene rings is 1. The standard InChI is InChI=1S/C10H10F3NO.C4F6O3/c11-10(12,13)9(15)14-7-6-8-4-2-1-3-5-8;5-3(6,7)1(11)13-2(12)4(8,9)10/h1-5H,6-7H2,(H,14,15);. The van der Waals surface area contributed by atoms with Crippen LogP contribution in [-0.4, -0.2) is 42.9 Å². The number of carbonyl (C=O) groups is 3. The molecule has 0 aliphatic carbocycles. The topological polar surface area (TPSA) is 72.5 Å². The molecule has 1 aromatic rings. The second kappa shape index (κ2) is 9.94. The monoisotopic (exact) mass is 427 g/mol. The molecule has 0 bridgehead atoms. The summed E-state index contributed by atoms with van der Waals surface area (Å²) in [7, 11) is 0. The molecular weight excluding hydrogens is 417 g/mol. The highest BCUT2D eigenvalue weighted by atomic mass is 19.4. The van der Waals surface area contributed by atoms with Crippen molar-refractivity contribution in [2.24, 2.45) is 0 Å². The SMILES string of the molecule is O=C(NCCc1ccccc1)C(F)(F)F.O=C(OC(=O)C(F)(F)F)C(F)(F)F. The molecule has 0 fully saturated rings. The summed E-state index contributed by atoms with van der Waals surface area (Å²) in [5, 5.41) is 1.81. The molecule has 0 saturated carbocycles. The summed E-state index contributed by atoms with van der Waals surface area (Å²) >= 11 is 0. The second-order valence-electron chi connectivity index (χ2n) is 4.66. The van der Waals surface area contributed by atoms with Crippen LogP contribution in [0.1, 0.15) is 5.56 Å². The summed E-state index contributed by atoms with van der Waals surface area (Å²) in [4.78, 5) is 29.7. The number of halogens is 9. The highest BCUT2D eigenvalue weighted by molar-refractivity contribution is 5.90. The fourth-order valence-electron chi connectivity index (χ4n) is 1.27. The summed E-state index contributed by atoms with van der Waals surface area (Å²) in [5.41, 5.74) is 0.889. The van der Waals surface area contributed by atoms with Gasteiger partial charge in [0.15, 0.2) is 0 Å². The molecule has 0 saturated heterocycles. The van der Waals surface area contributed by atoms with E-state index in [1.165, 1.54) is 0 Å². The van der Waals surface area contributed by atoms with Gasteiger partial charge < -0.3 is 10.1 Å². The van der Waals surface area contributed by atoms with E-state index in [1.54, 1.807) is 24.3 Å². The van der Waals surface area contributed by atoms with Crippen LogP contribution in [0.15, 0.2) is 30.3 Å². The van der Waals surface area contributed by atoms with Crippen LogP contribution in [-0.2, 0) is 25.5 Å². The highest BCUT2D eigenvalue weighted by Crippen LogP contribution is 2.21. The van der Waals surface area contributed by atoms with E-state index in [4.69, 9.17) is 0 Å². The van der Waals surface area contributed by atoms with Crippen molar-refractivity contribution >= 4 is 17.8 Å². The molecule has 0 unspecified atom stereocenters. The number of ether oxygens (including phenoxy) is 1. The van der Waals surface area contributed by atoms with Crippen molar-refractivity contribution in [2.75, 3.05) is 6.54 Å². The quantitative estimate of drug-likeness (QED) is 0.457. The Labute approximate surface area is 150 Å². The van der Waals surface area contributed by atoms with Gasteiger partial charge in [0.05, 0.1) is 0 Å². The zero-order chi connectivity index (χ0) is 22.2. The molecule has 0 aliphatic heterocycles. The maximum Gasteiger partial charge on any atom is 0.491 e. The summed E-state index contributed by atoms with van der Waals surface area (Å²) in [6.45, 7) is -0.0116. The maximum absolute atomic E-state index is 11.8. The normalized spacial score (nSPS) is 11.8. The lowest BCUT2D eigenvalue weighted by molar-refractivity contribution is -0.221. The summed E-state index contributed by atoms with van der Waals surface area (Å²) in [6.07, 6.45) is -15.7. The van der Waals surface area contributed by atoms with Crippen LogP contribution in [0.4, 0.5) is 39.5 Å². The molecule has 0 spiro atoms. The van der Waals surface area contributed by atoms with Crippen LogP contribution in [0.5, 0.6) is 0 Å². The predicted molar refractivity (Wildman–Crippen MR) is 72.4 cm³/mol. The highest BCUT2D eigenvalue weighted by Gasteiger charge is 2.49. The van der Waals surface area contributed by atoms with E-state index in [9.17, 15) is 53.9 Å². The molecule has 0 radical (unpaired) electrons. The smallest absolute Gasteiger partial charge is 0.380 e. The fraction of sp³-hybridized carbons (Fsp3) is 0.357. The van der Waals surface area contributed by atoms with Gasteiger partial charge in [-0.05, 0) is 12.0 Å². The van der Waals surface area contributed by atoms with Crippen LogP contribution in [0, 0.1) is 0 Å². The molecular formula is C14H10F9NO4. The van der Waals surface area contributed by atoms with E-state index < -0.39 is 36.4 Å². The van der Waals surface area contributed by atoms with Gasteiger partial charge in [0, 0.05) is 6.54 Å². The second-order valence-corrected chi connectivity index (χ2v) is 4.66. The van der Waals surface area contributed by atoms with Crippen molar-refractivity contribution in [3.63, 3.8) is 0 Å². The minimum atomic E-state index is -5.62. The number of amides is 1. The first-order valence-electron chi connectivity index (χ1n) is 6.84. The van der Waals surface area contributed by atoms with E-state index in [0.29, 0.717) is 6.42 Å². The average Bonchev–Trinajstić information content (AvgIpc) is 2.53. The molecule has 5 nitrogen and oxygen atoms in total. The minimum absolute atomic E-state index is 0.0116. The number of hydrogen-bond donors (Lipinski definition) is 1. The predicted octanol–water partition coefficient (Wildman–Crippen LogP) is 3.09. The first-order chi connectivity index (χ1) is 12.5. The molecule has 158 valence electrons. The minimum Gasteiger partial charge on any atom is -0.380 e. The molecule has 0 atom stereocenters. The lowest BCUT2D eigenvalue weighted by Crippen LogP contribution is -2.37. The summed E-state index contributed by atoms with van der Waals surface area (Å²) in [6, 6.07) is 8.99. The lowest BCUT2D eigenvalue weighted by Gasteiger charge is -2.07. The Bertz CT molecular complexity index is 642. The van der Waals surface area contributed by atoms with E-state index in [-0.39, 0.29) is 6.54 Å². The van der Waals surface area contributed by atoms with Crippen molar-refractivity contribution < 1.29 is 58.6 Å². The van der Waals surface area contributed by atoms with E-state index in [1.807, 2.05) is 11.4 Å². The molecule has 1 rings (SSSR count). The molecule has 0 aliphatic rings. The van der Waals surface area contributed by atoms with Gasteiger partial charge >= 0.3 is 36.4 Å². The Hall–Kier alpha value is -2.80. The number of hydrogen-bond acceptors (Lipinski definition) is 4. The van der Waals surface area contributed by atoms with Gasteiger partial charge in [-0.1, -0.05) is 30.3 Å². The molecule has 1 amide bonds. The van der Waals surface area contributed by atoms with Crippen LogP contribution in [0.25, 0.3) is 0 Å². The van der Waals surface area contributed by atoms with Gasteiger partial charge in [0.2, 0.25) is 0 Å². The van der Waals surface area contributed by atoms with Gasteiger partial charge in [0.1, 0.15) is 0 Å². The Morgan fingerprint density at radius 3 is 1.54 bits per heavy atom. The first-order valence-corrected chi connectivity index (χ1v) is 6.84. The van der Waals surface area contributed by atoms with Crippen LogP contribution in [0.2, 0.25) is 0 Å². The van der Waals surface area contributed by atoms with Crippen molar-refractivity contribution in [2.45, 2.75) is 24.9 Å². The van der Waals surface area contributed by atoms with Crippen molar-refractivity contribution in [3.8, 4) is 0 Å². The summed E-state index contributed by atoms with van der Waals surface area (Å²) in [5.74, 6) is -8.29.